The molecule has 0 amide bonds. The predicted molar refractivity (Wildman–Crippen MR) is 79.5 cm³/mol. The molecule has 0 saturated heterocycles. The van der Waals surface area contributed by atoms with Crippen LogP contribution in [0.5, 0.6) is 0 Å². The topological polar surface area (TPSA) is 68.9 Å². The first-order valence-corrected chi connectivity index (χ1v) is 7.30. The molecule has 0 fully saturated rings. The number of aromatic nitrogens is 1. The Labute approximate surface area is 120 Å². The second-order valence-electron chi connectivity index (χ2n) is 6.40. The van der Waals surface area contributed by atoms with E-state index in [0.717, 1.165) is 25.0 Å². The highest BCUT2D eigenvalue weighted by atomic mass is 16.3. The zero-order valence-corrected chi connectivity index (χ0v) is 12.5. The average Bonchev–Trinajstić information content (AvgIpc) is 2.80. The monoisotopic (exact) mass is 273 g/mol. The fraction of sp³-hybridized carbons (Fsp3) is 0.625. The molecule has 2 N–H and O–H groups in total. The van der Waals surface area contributed by atoms with Crippen molar-refractivity contribution in [2.24, 2.45) is 5.92 Å². The molecule has 1 aliphatic carbocycles. The number of hydrogen-bond donors (Lipinski definition) is 2. The van der Waals surface area contributed by atoms with E-state index in [1.54, 1.807) is 0 Å². The second-order valence-corrected chi connectivity index (χ2v) is 6.40. The van der Waals surface area contributed by atoms with Crippen LogP contribution < -0.4 is 5.32 Å². The zero-order chi connectivity index (χ0) is 14.8. The van der Waals surface area contributed by atoms with Gasteiger partial charge in [0.15, 0.2) is 0 Å². The molecule has 0 spiro atoms. The largest absolute Gasteiger partial charge is 0.388 e. The van der Waals surface area contributed by atoms with Crippen LogP contribution in [-0.2, 0) is 12.8 Å². The third kappa shape index (κ3) is 3.49. The summed E-state index contributed by atoms with van der Waals surface area (Å²) in [5, 5.41) is 22.7. The van der Waals surface area contributed by atoms with Crippen LogP contribution in [-0.4, -0.2) is 22.2 Å². The minimum absolute atomic E-state index is 0.408. The van der Waals surface area contributed by atoms with Crippen LogP contribution in [0.4, 0.5) is 5.82 Å². The number of fused-ring (bicyclic) bond motifs is 1. The fourth-order valence-corrected chi connectivity index (χ4v) is 2.92. The third-order valence-corrected chi connectivity index (χ3v) is 3.66. The summed E-state index contributed by atoms with van der Waals surface area (Å²) in [6.07, 6.45) is 3.83. The quantitative estimate of drug-likeness (QED) is 0.865. The molecule has 1 aromatic rings. The van der Waals surface area contributed by atoms with Gasteiger partial charge in [-0.15, -0.1) is 0 Å². The lowest BCUT2D eigenvalue weighted by Crippen LogP contribution is -2.35. The van der Waals surface area contributed by atoms with Gasteiger partial charge >= 0.3 is 0 Å². The molecule has 20 heavy (non-hydrogen) atoms. The number of nitrogens with zero attached hydrogens (tertiary/aromatic N) is 2. The molecular weight excluding hydrogens is 250 g/mol. The van der Waals surface area contributed by atoms with Gasteiger partial charge in [-0.2, -0.15) is 5.26 Å². The molecule has 1 heterocycles. The number of nitriles is 1. The van der Waals surface area contributed by atoms with Crippen molar-refractivity contribution in [3.8, 4) is 6.07 Å². The van der Waals surface area contributed by atoms with Gasteiger partial charge in [0.25, 0.3) is 0 Å². The number of rotatable bonds is 5. The predicted octanol–water partition coefficient (Wildman–Crippen LogP) is 2.65. The summed E-state index contributed by atoms with van der Waals surface area (Å²) in [6.45, 7) is 6.40. The molecule has 1 atom stereocenters. The minimum atomic E-state index is -0.790. The van der Waals surface area contributed by atoms with Crippen molar-refractivity contribution in [1.29, 1.82) is 5.26 Å². The van der Waals surface area contributed by atoms with Crippen LogP contribution >= 0.6 is 0 Å². The summed E-state index contributed by atoms with van der Waals surface area (Å²) >= 11 is 0. The first kappa shape index (κ1) is 14.8. The van der Waals surface area contributed by atoms with E-state index in [0.29, 0.717) is 30.3 Å². The van der Waals surface area contributed by atoms with Gasteiger partial charge in [0.2, 0.25) is 0 Å². The van der Waals surface area contributed by atoms with Gasteiger partial charge in [-0.25, -0.2) is 4.98 Å². The molecule has 1 aromatic heterocycles. The van der Waals surface area contributed by atoms with E-state index < -0.39 is 5.60 Å². The Bertz CT molecular complexity index is 529. The van der Waals surface area contributed by atoms with Gasteiger partial charge in [-0.05, 0) is 50.2 Å². The Balaban J connectivity index is 2.12. The molecule has 0 aliphatic heterocycles. The minimum Gasteiger partial charge on any atom is -0.388 e. The smallest absolute Gasteiger partial charge is 0.144 e. The molecule has 0 saturated carbocycles. The SMILES string of the molecule is CC(C)CC(C)(O)CNc1nc2c(cc1C#N)CCC2. The molecule has 4 nitrogen and oxygen atoms in total. The molecule has 0 radical (unpaired) electrons. The standard InChI is InChI=1S/C16H23N3O/c1-11(2)8-16(3,20)10-18-15-13(9-17)7-12-5-4-6-14(12)19-15/h7,11,20H,4-6,8,10H2,1-3H3,(H,18,19). The maximum atomic E-state index is 10.3. The van der Waals surface area contributed by atoms with Crippen LogP contribution in [0.1, 0.15) is 50.4 Å². The van der Waals surface area contributed by atoms with Gasteiger partial charge in [-0.1, -0.05) is 13.8 Å². The molecule has 4 heteroatoms. The summed E-state index contributed by atoms with van der Waals surface area (Å²) in [5.74, 6) is 1.03. The van der Waals surface area contributed by atoms with Crippen molar-refractivity contribution in [2.75, 3.05) is 11.9 Å². The van der Waals surface area contributed by atoms with Crippen molar-refractivity contribution in [3.05, 3.63) is 22.9 Å². The molecule has 1 unspecified atom stereocenters. The van der Waals surface area contributed by atoms with E-state index in [2.05, 4.69) is 30.2 Å². The lowest BCUT2D eigenvalue weighted by atomic mass is 9.94. The number of nitrogens with one attached hydrogen (secondary N) is 1. The van der Waals surface area contributed by atoms with Crippen LogP contribution in [0.2, 0.25) is 0 Å². The Kier molecular flexibility index (Phi) is 4.29. The molecule has 0 bridgehead atoms. The summed E-state index contributed by atoms with van der Waals surface area (Å²) < 4.78 is 0. The first-order valence-electron chi connectivity index (χ1n) is 7.30. The molecule has 108 valence electrons. The van der Waals surface area contributed by atoms with Crippen molar-refractivity contribution in [2.45, 2.75) is 52.1 Å². The lowest BCUT2D eigenvalue weighted by molar-refractivity contribution is 0.0514. The van der Waals surface area contributed by atoms with E-state index in [1.807, 2.05) is 13.0 Å². The second kappa shape index (κ2) is 5.80. The van der Waals surface area contributed by atoms with Crippen molar-refractivity contribution in [3.63, 3.8) is 0 Å². The van der Waals surface area contributed by atoms with E-state index in [1.165, 1.54) is 5.56 Å². The molecule has 1 aliphatic rings. The maximum absolute atomic E-state index is 10.3. The van der Waals surface area contributed by atoms with Gasteiger partial charge in [0.1, 0.15) is 11.9 Å². The third-order valence-electron chi connectivity index (χ3n) is 3.66. The summed E-state index contributed by atoms with van der Waals surface area (Å²) in [4.78, 5) is 4.56. The number of pyridine rings is 1. The van der Waals surface area contributed by atoms with Crippen LogP contribution in [0.3, 0.4) is 0 Å². The van der Waals surface area contributed by atoms with Gasteiger partial charge < -0.3 is 10.4 Å². The number of aliphatic hydroxyl groups is 1. The van der Waals surface area contributed by atoms with Crippen LogP contribution in [0.25, 0.3) is 0 Å². The van der Waals surface area contributed by atoms with Crippen molar-refractivity contribution in [1.82, 2.24) is 4.98 Å². The first-order chi connectivity index (χ1) is 9.41. The lowest BCUT2D eigenvalue weighted by Gasteiger charge is -2.26. The van der Waals surface area contributed by atoms with Gasteiger partial charge in [0.05, 0.1) is 11.2 Å². The zero-order valence-electron chi connectivity index (χ0n) is 12.5. The molecular formula is C16H23N3O. The van der Waals surface area contributed by atoms with E-state index >= 15 is 0 Å². The van der Waals surface area contributed by atoms with Crippen molar-refractivity contribution >= 4 is 5.82 Å². The highest BCUT2D eigenvalue weighted by molar-refractivity contribution is 5.55. The summed E-state index contributed by atoms with van der Waals surface area (Å²) in [5.41, 5.74) is 2.07. The van der Waals surface area contributed by atoms with E-state index in [4.69, 9.17) is 0 Å². The Hall–Kier alpha value is -1.60. The highest BCUT2D eigenvalue weighted by Crippen LogP contribution is 2.25. The molecule has 0 aromatic carbocycles. The highest BCUT2D eigenvalue weighted by Gasteiger charge is 2.23. The fourth-order valence-electron chi connectivity index (χ4n) is 2.92. The number of aryl methyl sites for hydroxylation is 2. The number of anilines is 1. The van der Waals surface area contributed by atoms with Crippen molar-refractivity contribution < 1.29 is 5.11 Å². The maximum Gasteiger partial charge on any atom is 0.144 e. The van der Waals surface area contributed by atoms with Crippen LogP contribution in [0.15, 0.2) is 6.07 Å². The van der Waals surface area contributed by atoms with Gasteiger partial charge in [-0.3, -0.25) is 0 Å². The van der Waals surface area contributed by atoms with E-state index in [9.17, 15) is 10.4 Å². The Morgan fingerprint density at radius 1 is 1.50 bits per heavy atom. The summed E-state index contributed by atoms with van der Waals surface area (Å²) in [7, 11) is 0. The normalized spacial score (nSPS) is 16.6. The van der Waals surface area contributed by atoms with Gasteiger partial charge in [0, 0.05) is 12.2 Å². The Morgan fingerprint density at radius 3 is 2.90 bits per heavy atom. The summed E-state index contributed by atoms with van der Waals surface area (Å²) in [6, 6.07) is 4.13. The molecule has 2 rings (SSSR count). The van der Waals surface area contributed by atoms with Crippen LogP contribution in [0, 0.1) is 17.2 Å². The average molecular weight is 273 g/mol. The number of hydrogen-bond acceptors (Lipinski definition) is 4. The Morgan fingerprint density at radius 2 is 2.25 bits per heavy atom. The van der Waals surface area contributed by atoms with E-state index in [-0.39, 0.29) is 0 Å².